The first kappa shape index (κ1) is 16.1. The van der Waals surface area contributed by atoms with Gasteiger partial charge in [0.2, 0.25) is 0 Å². The van der Waals surface area contributed by atoms with Gasteiger partial charge in [-0.25, -0.2) is 0 Å². The number of halogens is 6. The smallest absolute Gasteiger partial charge is 0.369 e. The molecule has 0 aromatic heterocycles. The second-order valence-corrected chi connectivity index (χ2v) is 5.02. The monoisotopic (exact) mass is 313 g/mol. The molecule has 8 heteroatoms. The molecule has 1 aliphatic rings. The lowest BCUT2D eigenvalue weighted by atomic mass is 9.89. The molecule has 0 radical (unpaired) electrons. The van der Waals surface area contributed by atoms with Gasteiger partial charge < -0.3 is 10.4 Å². The number of nitrogens with one attached hydrogen (secondary N) is 1. The molecule has 0 bridgehead atoms. The minimum atomic E-state index is -5.85. The standard InChI is InChI=1S/C13H13F6NO/c14-12(15,16)11(21,13(17,18)19)10-3-1-8(2-4-10)9-5-6-20-7-9/h1-4,9,20-21H,5-7H2. The highest BCUT2D eigenvalue weighted by Gasteiger charge is 2.71. The molecule has 0 spiro atoms. The van der Waals surface area contributed by atoms with Crippen LogP contribution in [0.3, 0.4) is 0 Å². The quantitative estimate of drug-likeness (QED) is 0.823. The summed E-state index contributed by atoms with van der Waals surface area (Å²) in [6.07, 6.45) is -10.9. The Labute approximate surface area is 116 Å². The van der Waals surface area contributed by atoms with Crippen molar-refractivity contribution < 1.29 is 31.4 Å². The SMILES string of the molecule is OC(c1ccc(C2CCNC2)cc1)(C(F)(F)F)C(F)(F)F. The molecule has 2 rings (SSSR count). The molecule has 1 saturated heterocycles. The Hall–Kier alpha value is -1.28. The first-order chi connectivity index (χ1) is 9.57. The molecule has 0 amide bonds. The van der Waals surface area contributed by atoms with Gasteiger partial charge in [-0.2, -0.15) is 26.3 Å². The van der Waals surface area contributed by atoms with Gasteiger partial charge in [0.15, 0.2) is 0 Å². The average molecular weight is 313 g/mol. The highest BCUT2D eigenvalue weighted by molar-refractivity contribution is 5.32. The zero-order valence-electron chi connectivity index (χ0n) is 10.7. The van der Waals surface area contributed by atoms with Crippen molar-refractivity contribution in [2.75, 3.05) is 13.1 Å². The van der Waals surface area contributed by atoms with Crippen molar-refractivity contribution in [1.82, 2.24) is 5.32 Å². The van der Waals surface area contributed by atoms with Gasteiger partial charge in [0.05, 0.1) is 0 Å². The lowest BCUT2D eigenvalue weighted by molar-refractivity contribution is -0.376. The Morgan fingerprint density at radius 2 is 1.48 bits per heavy atom. The number of hydrogen-bond acceptors (Lipinski definition) is 2. The molecule has 1 atom stereocenters. The summed E-state index contributed by atoms with van der Waals surface area (Å²) in [7, 11) is 0. The van der Waals surface area contributed by atoms with Crippen LogP contribution < -0.4 is 5.32 Å². The van der Waals surface area contributed by atoms with Gasteiger partial charge in [-0.15, -0.1) is 0 Å². The molecule has 1 unspecified atom stereocenters. The van der Waals surface area contributed by atoms with Crippen molar-refractivity contribution >= 4 is 0 Å². The molecule has 1 aromatic carbocycles. The summed E-state index contributed by atoms with van der Waals surface area (Å²) in [5.74, 6) is 0.0592. The third-order valence-corrected chi connectivity index (χ3v) is 3.68. The summed E-state index contributed by atoms with van der Waals surface area (Å²) in [5.41, 5.74) is -5.43. The van der Waals surface area contributed by atoms with Crippen molar-refractivity contribution in [2.45, 2.75) is 30.3 Å². The van der Waals surface area contributed by atoms with Gasteiger partial charge in [0.25, 0.3) is 5.60 Å². The fraction of sp³-hybridized carbons (Fsp3) is 0.538. The van der Waals surface area contributed by atoms with Crippen LogP contribution >= 0.6 is 0 Å². The molecular weight excluding hydrogens is 300 g/mol. The van der Waals surface area contributed by atoms with E-state index in [1.54, 1.807) is 0 Å². The molecule has 1 heterocycles. The summed E-state index contributed by atoms with van der Waals surface area (Å²) in [4.78, 5) is 0. The zero-order chi connectivity index (χ0) is 15.9. The van der Waals surface area contributed by atoms with Gasteiger partial charge in [0, 0.05) is 12.1 Å². The van der Waals surface area contributed by atoms with Gasteiger partial charge >= 0.3 is 12.4 Å². The summed E-state index contributed by atoms with van der Waals surface area (Å²) in [6.45, 7) is 1.38. The Kier molecular flexibility index (Phi) is 3.96. The van der Waals surface area contributed by atoms with Crippen molar-refractivity contribution in [3.63, 3.8) is 0 Å². The van der Waals surface area contributed by atoms with Crippen LogP contribution in [-0.2, 0) is 5.60 Å². The second-order valence-electron chi connectivity index (χ2n) is 5.02. The van der Waals surface area contributed by atoms with E-state index >= 15 is 0 Å². The Balaban J connectivity index is 2.38. The van der Waals surface area contributed by atoms with Crippen LogP contribution in [0.4, 0.5) is 26.3 Å². The van der Waals surface area contributed by atoms with E-state index in [1.165, 1.54) is 12.1 Å². The molecule has 0 aliphatic carbocycles. The molecule has 2 nitrogen and oxygen atoms in total. The number of benzene rings is 1. The molecule has 0 saturated carbocycles. The normalized spacial score (nSPS) is 20.8. The summed E-state index contributed by atoms with van der Waals surface area (Å²) in [6, 6.07) is 3.79. The molecule has 1 aromatic rings. The van der Waals surface area contributed by atoms with E-state index in [-0.39, 0.29) is 5.92 Å². The average Bonchev–Trinajstić information content (AvgIpc) is 2.89. The van der Waals surface area contributed by atoms with Gasteiger partial charge in [0.1, 0.15) is 0 Å². The molecule has 1 aliphatic heterocycles. The first-order valence-electron chi connectivity index (χ1n) is 6.24. The summed E-state index contributed by atoms with van der Waals surface area (Å²) >= 11 is 0. The van der Waals surface area contributed by atoms with E-state index in [9.17, 15) is 31.4 Å². The predicted octanol–water partition coefficient (Wildman–Crippen LogP) is 3.08. The molecule has 21 heavy (non-hydrogen) atoms. The minimum Gasteiger partial charge on any atom is -0.369 e. The van der Waals surface area contributed by atoms with E-state index < -0.39 is 23.5 Å². The van der Waals surface area contributed by atoms with Crippen molar-refractivity contribution in [1.29, 1.82) is 0 Å². The lowest BCUT2D eigenvalue weighted by Gasteiger charge is -2.32. The minimum absolute atomic E-state index is 0.0592. The Morgan fingerprint density at radius 1 is 0.952 bits per heavy atom. The third-order valence-electron chi connectivity index (χ3n) is 3.68. The van der Waals surface area contributed by atoms with E-state index in [0.717, 1.165) is 13.0 Å². The molecule has 1 fully saturated rings. The topological polar surface area (TPSA) is 32.3 Å². The number of alkyl halides is 6. The van der Waals surface area contributed by atoms with E-state index in [1.807, 2.05) is 0 Å². The van der Waals surface area contributed by atoms with Crippen LogP contribution in [0, 0.1) is 0 Å². The molecule has 118 valence electrons. The molecule has 2 N–H and O–H groups in total. The summed E-state index contributed by atoms with van der Waals surface area (Å²) < 4.78 is 76.2. The highest BCUT2D eigenvalue weighted by Crippen LogP contribution is 2.50. The van der Waals surface area contributed by atoms with E-state index in [0.29, 0.717) is 24.2 Å². The zero-order valence-corrected chi connectivity index (χ0v) is 10.7. The fourth-order valence-electron chi connectivity index (χ4n) is 2.42. The predicted molar refractivity (Wildman–Crippen MR) is 62.7 cm³/mol. The summed E-state index contributed by atoms with van der Waals surface area (Å²) in [5, 5.41) is 12.3. The van der Waals surface area contributed by atoms with Crippen LogP contribution in [0.5, 0.6) is 0 Å². The largest absolute Gasteiger partial charge is 0.430 e. The van der Waals surface area contributed by atoms with Gasteiger partial charge in [-0.3, -0.25) is 0 Å². The Bertz CT molecular complexity index is 473. The van der Waals surface area contributed by atoms with Gasteiger partial charge in [-0.05, 0) is 24.4 Å². The van der Waals surface area contributed by atoms with E-state index in [2.05, 4.69) is 5.32 Å². The Morgan fingerprint density at radius 3 is 1.86 bits per heavy atom. The maximum atomic E-state index is 12.7. The second kappa shape index (κ2) is 5.17. The van der Waals surface area contributed by atoms with E-state index in [4.69, 9.17) is 0 Å². The maximum absolute atomic E-state index is 12.7. The highest BCUT2D eigenvalue weighted by atomic mass is 19.4. The lowest BCUT2D eigenvalue weighted by Crippen LogP contribution is -2.53. The van der Waals surface area contributed by atoms with Crippen LogP contribution in [0.25, 0.3) is 0 Å². The number of hydrogen-bond donors (Lipinski definition) is 2. The third kappa shape index (κ3) is 2.74. The van der Waals surface area contributed by atoms with Gasteiger partial charge in [-0.1, -0.05) is 24.3 Å². The fourth-order valence-corrected chi connectivity index (χ4v) is 2.42. The number of aliphatic hydroxyl groups is 1. The molecular formula is C13H13F6NO. The van der Waals surface area contributed by atoms with Crippen molar-refractivity contribution in [2.24, 2.45) is 0 Å². The first-order valence-corrected chi connectivity index (χ1v) is 6.24. The van der Waals surface area contributed by atoms with Crippen molar-refractivity contribution in [3.8, 4) is 0 Å². The van der Waals surface area contributed by atoms with Crippen LogP contribution in [-0.4, -0.2) is 30.5 Å². The van der Waals surface area contributed by atoms with Crippen LogP contribution in [0.15, 0.2) is 24.3 Å². The maximum Gasteiger partial charge on any atom is 0.430 e. The van der Waals surface area contributed by atoms with Crippen molar-refractivity contribution in [3.05, 3.63) is 35.4 Å². The van der Waals surface area contributed by atoms with Crippen LogP contribution in [0.2, 0.25) is 0 Å². The van der Waals surface area contributed by atoms with Crippen LogP contribution in [0.1, 0.15) is 23.5 Å². The number of rotatable bonds is 2.